The molecule has 2 heterocycles. The third-order valence-corrected chi connectivity index (χ3v) is 3.85. The maximum atomic E-state index is 12.4. The van der Waals surface area contributed by atoms with Crippen LogP contribution in [0.2, 0.25) is 0 Å². The molecule has 0 aromatic carbocycles. The summed E-state index contributed by atoms with van der Waals surface area (Å²) in [5.74, 6) is 0.315. The van der Waals surface area contributed by atoms with Crippen molar-refractivity contribution in [2.75, 3.05) is 19.7 Å². The van der Waals surface area contributed by atoms with Crippen LogP contribution in [0.4, 0.5) is 0 Å². The molecule has 1 atom stereocenters. The zero-order chi connectivity index (χ0) is 14.5. The molecule has 20 heavy (non-hydrogen) atoms. The van der Waals surface area contributed by atoms with Gasteiger partial charge in [-0.1, -0.05) is 12.2 Å². The molecular formula is C14H19N3O2S. The van der Waals surface area contributed by atoms with Crippen molar-refractivity contribution in [3.63, 3.8) is 0 Å². The van der Waals surface area contributed by atoms with Crippen LogP contribution in [0.3, 0.4) is 0 Å². The summed E-state index contributed by atoms with van der Waals surface area (Å²) in [7, 11) is 0. The van der Waals surface area contributed by atoms with Gasteiger partial charge >= 0.3 is 0 Å². The van der Waals surface area contributed by atoms with E-state index in [1.54, 1.807) is 12.1 Å². The Kier molecular flexibility index (Phi) is 5.03. The molecule has 0 radical (unpaired) electrons. The molecule has 1 aliphatic rings. The summed E-state index contributed by atoms with van der Waals surface area (Å²) >= 11 is 4.86. The Morgan fingerprint density at radius 2 is 2.35 bits per heavy atom. The number of likely N-dealkylation sites (tertiary alicyclic amines) is 1. The second kappa shape index (κ2) is 6.76. The number of rotatable bonds is 4. The number of piperidine rings is 1. The van der Waals surface area contributed by atoms with E-state index < -0.39 is 0 Å². The van der Waals surface area contributed by atoms with Crippen LogP contribution in [0.5, 0.6) is 0 Å². The summed E-state index contributed by atoms with van der Waals surface area (Å²) in [5, 5.41) is 9.00. The fourth-order valence-corrected chi connectivity index (χ4v) is 2.62. The molecule has 1 aromatic rings. The molecule has 6 heteroatoms. The molecule has 1 aromatic heterocycles. The lowest BCUT2D eigenvalue weighted by molar-refractivity contribution is 0.0648. The van der Waals surface area contributed by atoms with Crippen LogP contribution in [-0.4, -0.2) is 45.6 Å². The number of aliphatic hydroxyl groups excluding tert-OH is 1. The number of hydrogen-bond acceptors (Lipinski definition) is 4. The van der Waals surface area contributed by atoms with Gasteiger partial charge in [-0.2, -0.15) is 0 Å². The van der Waals surface area contributed by atoms with Gasteiger partial charge in [-0.15, -0.1) is 0 Å². The average molecular weight is 293 g/mol. The highest BCUT2D eigenvalue weighted by atomic mass is 32.1. The van der Waals surface area contributed by atoms with E-state index >= 15 is 0 Å². The predicted molar refractivity (Wildman–Crippen MR) is 80.5 cm³/mol. The number of pyridine rings is 1. The highest BCUT2D eigenvalue weighted by Crippen LogP contribution is 2.20. The van der Waals surface area contributed by atoms with E-state index in [4.69, 9.17) is 23.1 Å². The number of aromatic nitrogens is 1. The lowest BCUT2D eigenvalue weighted by Crippen LogP contribution is -2.40. The number of carbonyl (C=O) groups is 1. The molecule has 1 amide bonds. The first-order valence-corrected chi connectivity index (χ1v) is 7.18. The van der Waals surface area contributed by atoms with E-state index in [2.05, 4.69) is 4.98 Å². The van der Waals surface area contributed by atoms with Crippen molar-refractivity contribution in [3.8, 4) is 0 Å². The molecule has 5 nitrogen and oxygen atoms in total. The predicted octanol–water partition coefficient (Wildman–Crippen LogP) is 0.950. The molecule has 3 N–H and O–H groups in total. The number of thiocarbonyl (C=S) groups is 1. The molecule has 0 aliphatic carbocycles. The van der Waals surface area contributed by atoms with Gasteiger partial charge in [0.15, 0.2) is 0 Å². The van der Waals surface area contributed by atoms with Gasteiger partial charge in [0.2, 0.25) is 0 Å². The van der Waals surface area contributed by atoms with E-state index in [0.29, 0.717) is 23.7 Å². The molecule has 2 rings (SSSR count). The Balaban J connectivity index is 2.04. The van der Waals surface area contributed by atoms with E-state index in [1.807, 2.05) is 4.90 Å². The van der Waals surface area contributed by atoms with Crippen molar-refractivity contribution < 1.29 is 9.90 Å². The molecule has 0 saturated carbocycles. The van der Waals surface area contributed by atoms with Crippen molar-refractivity contribution in [3.05, 3.63) is 29.6 Å². The Morgan fingerprint density at radius 1 is 1.55 bits per heavy atom. The highest BCUT2D eigenvalue weighted by Gasteiger charge is 2.24. The summed E-state index contributed by atoms with van der Waals surface area (Å²) in [6, 6.07) is 3.38. The SMILES string of the molecule is NC(=S)c1ccc(C(=O)N2CCCC(CCO)C2)nc1. The van der Waals surface area contributed by atoms with E-state index in [1.165, 1.54) is 6.20 Å². The van der Waals surface area contributed by atoms with Crippen LogP contribution in [0, 0.1) is 5.92 Å². The zero-order valence-electron chi connectivity index (χ0n) is 11.3. The Bertz CT molecular complexity index is 488. The largest absolute Gasteiger partial charge is 0.396 e. The fraction of sp³-hybridized carbons (Fsp3) is 0.500. The van der Waals surface area contributed by atoms with Crippen molar-refractivity contribution in [2.24, 2.45) is 11.7 Å². The standard InChI is InChI=1S/C14H19N3O2S/c15-13(20)11-3-4-12(16-8-11)14(19)17-6-1-2-10(9-17)5-7-18/h3-4,8,10,18H,1-2,5-7,9H2,(H2,15,20). The number of amides is 1. The van der Waals surface area contributed by atoms with E-state index in [9.17, 15) is 4.79 Å². The minimum absolute atomic E-state index is 0.0675. The van der Waals surface area contributed by atoms with Gasteiger partial charge in [0, 0.05) is 31.5 Å². The van der Waals surface area contributed by atoms with Crippen LogP contribution in [0.25, 0.3) is 0 Å². The van der Waals surface area contributed by atoms with Gasteiger partial charge in [-0.3, -0.25) is 9.78 Å². The molecule has 0 bridgehead atoms. The normalized spacial score (nSPS) is 18.9. The highest BCUT2D eigenvalue weighted by molar-refractivity contribution is 7.80. The molecular weight excluding hydrogens is 274 g/mol. The van der Waals surface area contributed by atoms with E-state index in [0.717, 1.165) is 25.8 Å². The number of nitrogens with zero attached hydrogens (tertiary/aromatic N) is 2. The minimum atomic E-state index is -0.0675. The first-order valence-electron chi connectivity index (χ1n) is 6.78. The average Bonchev–Trinajstić information content (AvgIpc) is 2.47. The topological polar surface area (TPSA) is 79.5 Å². The number of nitrogens with two attached hydrogens (primary N) is 1. The fourth-order valence-electron chi connectivity index (χ4n) is 2.50. The van der Waals surface area contributed by atoms with Gasteiger partial charge < -0.3 is 15.7 Å². The lowest BCUT2D eigenvalue weighted by atomic mass is 9.95. The second-order valence-corrected chi connectivity index (χ2v) is 5.51. The van der Waals surface area contributed by atoms with Crippen LogP contribution in [-0.2, 0) is 0 Å². The maximum Gasteiger partial charge on any atom is 0.272 e. The smallest absolute Gasteiger partial charge is 0.272 e. The Morgan fingerprint density at radius 3 is 2.95 bits per heavy atom. The Hall–Kier alpha value is -1.53. The third-order valence-electron chi connectivity index (χ3n) is 3.61. The van der Waals surface area contributed by atoms with E-state index in [-0.39, 0.29) is 17.5 Å². The summed E-state index contributed by atoms with van der Waals surface area (Å²) in [4.78, 5) is 18.6. The third kappa shape index (κ3) is 3.52. The van der Waals surface area contributed by atoms with Gasteiger partial charge in [-0.05, 0) is 37.3 Å². The van der Waals surface area contributed by atoms with Gasteiger partial charge in [-0.25, -0.2) is 0 Å². The Labute approximate surface area is 123 Å². The van der Waals surface area contributed by atoms with Crippen molar-refractivity contribution in [2.45, 2.75) is 19.3 Å². The molecule has 1 saturated heterocycles. The van der Waals surface area contributed by atoms with Crippen LogP contribution >= 0.6 is 12.2 Å². The number of hydrogen-bond donors (Lipinski definition) is 2. The monoisotopic (exact) mass is 293 g/mol. The van der Waals surface area contributed by atoms with Crippen LogP contribution < -0.4 is 5.73 Å². The maximum absolute atomic E-state index is 12.4. The minimum Gasteiger partial charge on any atom is -0.396 e. The van der Waals surface area contributed by atoms with Crippen LogP contribution in [0.15, 0.2) is 18.3 Å². The zero-order valence-corrected chi connectivity index (χ0v) is 12.1. The number of aliphatic hydroxyl groups is 1. The molecule has 1 fully saturated rings. The van der Waals surface area contributed by atoms with Crippen LogP contribution in [0.1, 0.15) is 35.3 Å². The van der Waals surface area contributed by atoms with Crippen molar-refractivity contribution >= 4 is 23.1 Å². The van der Waals surface area contributed by atoms with Gasteiger partial charge in [0.05, 0.1) is 0 Å². The number of carbonyl (C=O) groups excluding carboxylic acids is 1. The second-order valence-electron chi connectivity index (χ2n) is 5.07. The van der Waals surface area contributed by atoms with Crippen molar-refractivity contribution in [1.29, 1.82) is 0 Å². The first-order chi connectivity index (χ1) is 9.61. The molecule has 1 aliphatic heterocycles. The first kappa shape index (κ1) is 14.9. The van der Waals surface area contributed by atoms with Crippen molar-refractivity contribution in [1.82, 2.24) is 9.88 Å². The molecule has 0 spiro atoms. The lowest BCUT2D eigenvalue weighted by Gasteiger charge is -2.32. The van der Waals surface area contributed by atoms with Gasteiger partial charge in [0.25, 0.3) is 5.91 Å². The molecule has 108 valence electrons. The summed E-state index contributed by atoms with van der Waals surface area (Å²) in [5.41, 5.74) is 6.58. The van der Waals surface area contributed by atoms with Gasteiger partial charge in [0.1, 0.15) is 10.7 Å². The quantitative estimate of drug-likeness (QED) is 0.808. The summed E-state index contributed by atoms with van der Waals surface area (Å²) in [6.07, 6.45) is 4.32. The molecule has 1 unspecified atom stereocenters. The summed E-state index contributed by atoms with van der Waals surface area (Å²) < 4.78 is 0. The summed E-state index contributed by atoms with van der Waals surface area (Å²) in [6.45, 7) is 1.62.